The van der Waals surface area contributed by atoms with Crippen molar-refractivity contribution < 1.29 is 0 Å². The highest BCUT2D eigenvalue weighted by molar-refractivity contribution is 5.78. The monoisotopic (exact) mass is 422 g/mol. The molecule has 0 saturated carbocycles. The van der Waals surface area contributed by atoms with Gasteiger partial charge in [0.15, 0.2) is 11.2 Å². The first-order chi connectivity index (χ1) is 15.5. The molecule has 0 bridgehead atoms. The number of imidazole rings is 1. The lowest BCUT2D eigenvalue weighted by Crippen LogP contribution is -2.37. The normalized spacial score (nSPS) is 11.2. The van der Waals surface area contributed by atoms with E-state index in [1.807, 2.05) is 77.4 Å². The molecule has 0 fully saturated rings. The fourth-order valence-electron chi connectivity index (χ4n) is 4.03. The van der Waals surface area contributed by atoms with E-state index >= 15 is 0 Å². The molecule has 0 N–H and O–H groups in total. The topological polar surface area (TPSA) is 61.8 Å². The molecule has 3 aromatic carbocycles. The van der Waals surface area contributed by atoms with Gasteiger partial charge >= 0.3 is 5.69 Å². The molecule has 5 aromatic rings. The Morgan fingerprint density at radius 3 is 1.91 bits per heavy atom. The number of benzene rings is 3. The molecular formula is C26H22N4O2. The van der Waals surface area contributed by atoms with Gasteiger partial charge in [-0.1, -0.05) is 84.9 Å². The van der Waals surface area contributed by atoms with E-state index in [1.165, 1.54) is 11.6 Å². The zero-order valence-electron chi connectivity index (χ0n) is 17.9. The van der Waals surface area contributed by atoms with Crippen molar-refractivity contribution in [3.8, 4) is 22.5 Å². The lowest BCUT2D eigenvalue weighted by Gasteiger charge is -2.10. The van der Waals surface area contributed by atoms with Crippen LogP contribution in [-0.2, 0) is 20.6 Å². The van der Waals surface area contributed by atoms with Gasteiger partial charge in [-0.05, 0) is 16.7 Å². The van der Waals surface area contributed by atoms with Crippen LogP contribution in [0.15, 0.2) is 94.5 Å². The SMILES string of the molecule is Cn1c(=O)c2c(nc(-c3ccc(-c4ccccc4)cc3)n2Cc2ccccc2)n(C)c1=O. The zero-order valence-corrected chi connectivity index (χ0v) is 17.9. The quantitative estimate of drug-likeness (QED) is 0.442. The van der Waals surface area contributed by atoms with Gasteiger partial charge in [0.2, 0.25) is 0 Å². The highest BCUT2D eigenvalue weighted by Gasteiger charge is 2.20. The molecule has 0 unspecified atom stereocenters. The number of hydrogen-bond donors (Lipinski definition) is 0. The summed E-state index contributed by atoms with van der Waals surface area (Å²) in [5, 5.41) is 0. The average Bonchev–Trinajstić information content (AvgIpc) is 3.22. The second-order valence-electron chi connectivity index (χ2n) is 7.83. The van der Waals surface area contributed by atoms with Crippen LogP contribution in [0.4, 0.5) is 0 Å². The number of nitrogens with zero attached hydrogens (tertiary/aromatic N) is 4. The van der Waals surface area contributed by atoms with Gasteiger partial charge in [0.1, 0.15) is 5.82 Å². The fraction of sp³-hybridized carbons (Fsp3) is 0.115. The number of aromatic nitrogens is 4. The summed E-state index contributed by atoms with van der Waals surface area (Å²) < 4.78 is 4.47. The van der Waals surface area contributed by atoms with E-state index < -0.39 is 5.69 Å². The van der Waals surface area contributed by atoms with Gasteiger partial charge in [-0.15, -0.1) is 0 Å². The maximum Gasteiger partial charge on any atom is 0.332 e. The van der Waals surface area contributed by atoms with E-state index in [-0.39, 0.29) is 5.56 Å². The van der Waals surface area contributed by atoms with Crippen LogP contribution in [-0.4, -0.2) is 18.7 Å². The van der Waals surface area contributed by atoms with Crippen LogP contribution in [0.25, 0.3) is 33.7 Å². The predicted octanol–water partition coefficient (Wildman–Crippen LogP) is 3.82. The lowest BCUT2D eigenvalue weighted by molar-refractivity contribution is 0.702. The van der Waals surface area contributed by atoms with Crippen LogP contribution < -0.4 is 11.2 Å². The van der Waals surface area contributed by atoms with Crippen molar-refractivity contribution in [2.24, 2.45) is 14.1 Å². The summed E-state index contributed by atoms with van der Waals surface area (Å²) in [6, 6.07) is 28.2. The molecule has 158 valence electrons. The summed E-state index contributed by atoms with van der Waals surface area (Å²) >= 11 is 0. The Kier molecular flexibility index (Phi) is 4.82. The second kappa shape index (κ2) is 7.81. The maximum absolute atomic E-state index is 13.1. The van der Waals surface area contributed by atoms with Crippen molar-refractivity contribution in [3.63, 3.8) is 0 Å². The van der Waals surface area contributed by atoms with Gasteiger partial charge in [0.25, 0.3) is 5.56 Å². The number of rotatable bonds is 4. The first-order valence-electron chi connectivity index (χ1n) is 10.4. The predicted molar refractivity (Wildman–Crippen MR) is 127 cm³/mol. The molecule has 0 radical (unpaired) electrons. The summed E-state index contributed by atoms with van der Waals surface area (Å²) in [5.41, 5.74) is 4.22. The maximum atomic E-state index is 13.1. The van der Waals surface area contributed by atoms with E-state index in [0.717, 1.165) is 26.8 Å². The van der Waals surface area contributed by atoms with Crippen LogP contribution in [0, 0.1) is 0 Å². The van der Waals surface area contributed by atoms with Crippen molar-refractivity contribution in [2.75, 3.05) is 0 Å². The average molecular weight is 422 g/mol. The van der Waals surface area contributed by atoms with Crippen molar-refractivity contribution in [1.29, 1.82) is 0 Å². The minimum Gasteiger partial charge on any atom is -0.314 e. The second-order valence-corrected chi connectivity index (χ2v) is 7.83. The molecule has 0 aliphatic rings. The standard InChI is InChI=1S/C26H22N4O2/c1-28-24-22(25(31)29(2)26(28)32)30(17-18-9-5-3-6-10-18)23(27-24)21-15-13-20(14-16-21)19-11-7-4-8-12-19/h3-16H,17H2,1-2H3. The Hall–Kier alpha value is -4.19. The van der Waals surface area contributed by atoms with Gasteiger partial charge in [-0.2, -0.15) is 0 Å². The van der Waals surface area contributed by atoms with Crippen molar-refractivity contribution in [3.05, 3.63) is 111 Å². The van der Waals surface area contributed by atoms with Crippen molar-refractivity contribution >= 4 is 11.2 Å². The molecule has 0 amide bonds. The molecule has 0 saturated heterocycles. The smallest absolute Gasteiger partial charge is 0.314 e. The van der Waals surface area contributed by atoms with Crippen molar-refractivity contribution in [1.82, 2.24) is 18.7 Å². The molecule has 5 rings (SSSR count). The van der Waals surface area contributed by atoms with Crippen LogP contribution >= 0.6 is 0 Å². The Morgan fingerprint density at radius 2 is 1.25 bits per heavy atom. The Labute approximate surface area is 184 Å². The minimum atomic E-state index is -0.391. The molecule has 2 aromatic heterocycles. The van der Waals surface area contributed by atoms with E-state index in [9.17, 15) is 9.59 Å². The summed E-state index contributed by atoms with van der Waals surface area (Å²) in [6.45, 7) is 0.473. The molecule has 6 heteroatoms. The van der Waals surface area contributed by atoms with E-state index in [0.29, 0.717) is 23.5 Å². The summed E-state index contributed by atoms with van der Waals surface area (Å²) in [6.07, 6.45) is 0. The number of hydrogen-bond acceptors (Lipinski definition) is 3. The zero-order chi connectivity index (χ0) is 22.2. The Morgan fingerprint density at radius 1 is 0.688 bits per heavy atom. The largest absolute Gasteiger partial charge is 0.332 e. The third kappa shape index (κ3) is 3.26. The highest BCUT2D eigenvalue weighted by Crippen LogP contribution is 2.27. The van der Waals surface area contributed by atoms with E-state index in [1.54, 1.807) is 7.05 Å². The van der Waals surface area contributed by atoms with Gasteiger partial charge < -0.3 is 4.57 Å². The first-order valence-corrected chi connectivity index (χ1v) is 10.4. The first kappa shape index (κ1) is 19.8. The third-order valence-electron chi connectivity index (χ3n) is 5.78. The molecule has 6 nitrogen and oxygen atoms in total. The lowest BCUT2D eigenvalue weighted by atomic mass is 10.0. The van der Waals surface area contributed by atoms with Crippen LogP contribution in [0.2, 0.25) is 0 Å². The van der Waals surface area contributed by atoms with Gasteiger partial charge in [-0.3, -0.25) is 13.9 Å². The third-order valence-corrected chi connectivity index (χ3v) is 5.78. The van der Waals surface area contributed by atoms with Crippen LogP contribution in [0.5, 0.6) is 0 Å². The molecule has 0 spiro atoms. The number of fused-ring (bicyclic) bond motifs is 1. The van der Waals surface area contributed by atoms with E-state index in [2.05, 4.69) is 12.1 Å². The summed E-state index contributed by atoms with van der Waals surface area (Å²) in [4.78, 5) is 30.3. The van der Waals surface area contributed by atoms with Crippen LogP contribution in [0.3, 0.4) is 0 Å². The molecular weight excluding hydrogens is 400 g/mol. The molecule has 0 aliphatic carbocycles. The number of aryl methyl sites for hydroxylation is 1. The van der Waals surface area contributed by atoms with Gasteiger partial charge in [0, 0.05) is 26.2 Å². The van der Waals surface area contributed by atoms with Crippen LogP contribution in [0.1, 0.15) is 5.56 Å². The van der Waals surface area contributed by atoms with Crippen molar-refractivity contribution in [2.45, 2.75) is 6.54 Å². The van der Waals surface area contributed by atoms with E-state index in [4.69, 9.17) is 4.98 Å². The Bertz CT molecular complexity index is 1530. The van der Waals surface area contributed by atoms with Gasteiger partial charge in [-0.25, -0.2) is 9.78 Å². The highest BCUT2D eigenvalue weighted by atomic mass is 16.2. The summed E-state index contributed by atoms with van der Waals surface area (Å²) in [7, 11) is 3.14. The molecule has 32 heavy (non-hydrogen) atoms. The molecule has 0 aliphatic heterocycles. The summed E-state index contributed by atoms with van der Waals surface area (Å²) in [5.74, 6) is 0.654. The fourth-order valence-corrected chi connectivity index (χ4v) is 4.03. The Balaban J connectivity index is 1.73. The molecule has 2 heterocycles. The minimum absolute atomic E-state index is 0.348. The van der Waals surface area contributed by atoms with Gasteiger partial charge in [0.05, 0.1) is 0 Å². The molecule has 0 atom stereocenters.